The van der Waals surface area contributed by atoms with Crippen molar-refractivity contribution < 1.29 is 8.81 Å². The summed E-state index contributed by atoms with van der Waals surface area (Å²) in [6.45, 7) is 5.93. The van der Waals surface area contributed by atoms with E-state index in [9.17, 15) is 4.39 Å². The lowest BCUT2D eigenvalue weighted by Gasteiger charge is -2.11. The van der Waals surface area contributed by atoms with Gasteiger partial charge in [0.15, 0.2) is 0 Å². The summed E-state index contributed by atoms with van der Waals surface area (Å²) in [5, 5.41) is 0.520. The second-order valence-corrected chi connectivity index (χ2v) is 4.53. The van der Waals surface area contributed by atoms with Crippen LogP contribution in [0.5, 0.6) is 0 Å². The molecule has 0 saturated carbocycles. The van der Waals surface area contributed by atoms with Gasteiger partial charge in [0.05, 0.1) is 11.4 Å². The zero-order chi connectivity index (χ0) is 11.9. The maximum absolute atomic E-state index is 13.5. The minimum absolute atomic E-state index is 0.189. The SMILES string of the molecule is Cc1ccc(F)c2cc(C(N)C(C)C)oc12. The van der Waals surface area contributed by atoms with E-state index < -0.39 is 0 Å². The smallest absolute Gasteiger partial charge is 0.140 e. The fourth-order valence-electron chi connectivity index (χ4n) is 1.74. The molecule has 0 aliphatic carbocycles. The van der Waals surface area contributed by atoms with Crippen molar-refractivity contribution in [1.29, 1.82) is 0 Å². The van der Waals surface area contributed by atoms with Crippen molar-refractivity contribution in [3.63, 3.8) is 0 Å². The van der Waals surface area contributed by atoms with Gasteiger partial charge in [0.2, 0.25) is 0 Å². The molecule has 1 unspecified atom stereocenters. The molecule has 0 bridgehead atoms. The normalized spacial score (nSPS) is 13.6. The van der Waals surface area contributed by atoms with E-state index in [1.54, 1.807) is 12.1 Å². The molecular weight excluding hydrogens is 205 g/mol. The third-order valence-corrected chi connectivity index (χ3v) is 2.89. The molecule has 2 nitrogen and oxygen atoms in total. The molecule has 0 amide bonds. The first-order chi connectivity index (χ1) is 7.50. The van der Waals surface area contributed by atoms with Crippen LogP contribution in [0.25, 0.3) is 11.0 Å². The van der Waals surface area contributed by atoms with Gasteiger partial charge in [0.1, 0.15) is 17.2 Å². The number of benzene rings is 1. The van der Waals surface area contributed by atoms with Crippen LogP contribution in [-0.2, 0) is 0 Å². The molecule has 0 aliphatic heterocycles. The maximum Gasteiger partial charge on any atom is 0.140 e. The van der Waals surface area contributed by atoms with Gasteiger partial charge in [-0.2, -0.15) is 0 Å². The topological polar surface area (TPSA) is 39.2 Å². The molecule has 86 valence electrons. The molecule has 0 radical (unpaired) electrons. The summed E-state index contributed by atoms with van der Waals surface area (Å²) in [5.41, 5.74) is 7.52. The number of aryl methyl sites for hydroxylation is 1. The third kappa shape index (κ3) is 1.71. The monoisotopic (exact) mass is 221 g/mol. The highest BCUT2D eigenvalue weighted by atomic mass is 19.1. The van der Waals surface area contributed by atoms with Crippen LogP contribution < -0.4 is 5.73 Å². The van der Waals surface area contributed by atoms with E-state index in [2.05, 4.69) is 0 Å². The summed E-state index contributed by atoms with van der Waals surface area (Å²) in [6, 6.07) is 4.69. The average molecular weight is 221 g/mol. The van der Waals surface area contributed by atoms with E-state index in [1.165, 1.54) is 6.07 Å². The van der Waals surface area contributed by atoms with E-state index in [4.69, 9.17) is 10.2 Å². The molecule has 0 aliphatic rings. The van der Waals surface area contributed by atoms with Crippen molar-refractivity contribution in [3.8, 4) is 0 Å². The fourth-order valence-corrected chi connectivity index (χ4v) is 1.74. The van der Waals surface area contributed by atoms with Gasteiger partial charge in [0.25, 0.3) is 0 Å². The van der Waals surface area contributed by atoms with Crippen LogP contribution in [-0.4, -0.2) is 0 Å². The molecule has 16 heavy (non-hydrogen) atoms. The van der Waals surface area contributed by atoms with Crippen LogP contribution in [0.4, 0.5) is 4.39 Å². The second kappa shape index (κ2) is 3.91. The van der Waals surface area contributed by atoms with Gasteiger partial charge in [-0.25, -0.2) is 4.39 Å². The van der Waals surface area contributed by atoms with Crippen LogP contribution in [0.15, 0.2) is 22.6 Å². The van der Waals surface area contributed by atoms with Crippen LogP contribution in [0.3, 0.4) is 0 Å². The standard InChI is InChI=1S/C13H16FNO/c1-7(2)12(15)11-6-9-10(14)5-4-8(3)13(9)16-11/h4-7,12H,15H2,1-3H3. The zero-order valence-corrected chi connectivity index (χ0v) is 9.75. The maximum atomic E-state index is 13.5. The Bertz CT molecular complexity index is 477. The second-order valence-electron chi connectivity index (χ2n) is 4.53. The summed E-state index contributed by atoms with van der Waals surface area (Å²) in [7, 11) is 0. The van der Waals surface area contributed by atoms with Gasteiger partial charge in [0, 0.05) is 0 Å². The molecule has 0 fully saturated rings. The van der Waals surface area contributed by atoms with Crippen molar-refractivity contribution in [1.82, 2.24) is 0 Å². The lowest BCUT2D eigenvalue weighted by Crippen LogP contribution is -2.15. The fraction of sp³-hybridized carbons (Fsp3) is 0.385. The Morgan fingerprint density at radius 3 is 2.56 bits per heavy atom. The van der Waals surface area contributed by atoms with E-state index in [-0.39, 0.29) is 17.8 Å². The number of hydrogen-bond acceptors (Lipinski definition) is 2. The van der Waals surface area contributed by atoms with Gasteiger partial charge >= 0.3 is 0 Å². The first-order valence-electron chi connectivity index (χ1n) is 5.45. The summed E-state index contributed by atoms with van der Waals surface area (Å²) in [6.07, 6.45) is 0. The van der Waals surface area contributed by atoms with Crippen molar-refractivity contribution in [2.75, 3.05) is 0 Å². The van der Waals surface area contributed by atoms with Crippen molar-refractivity contribution >= 4 is 11.0 Å². The largest absolute Gasteiger partial charge is 0.459 e. The number of rotatable bonds is 2. The molecule has 2 rings (SSSR count). The van der Waals surface area contributed by atoms with Crippen LogP contribution in [0, 0.1) is 18.7 Å². The number of hydrogen-bond donors (Lipinski definition) is 1. The Hall–Kier alpha value is -1.35. The molecular formula is C13H16FNO. The first kappa shape index (κ1) is 11.1. The van der Waals surface area contributed by atoms with E-state index in [0.29, 0.717) is 16.7 Å². The van der Waals surface area contributed by atoms with E-state index in [0.717, 1.165) is 5.56 Å². The van der Waals surface area contributed by atoms with Gasteiger partial charge in [-0.05, 0) is 30.5 Å². The molecule has 0 saturated heterocycles. The molecule has 0 spiro atoms. The Kier molecular flexibility index (Phi) is 2.72. The molecule has 1 aromatic heterocycles. The molecule has 1 atom stereocenters. The number of fused-ring (bicyclic) bond motifs is 1. The quantitative estimate of drug-likeness (QED) is 0.842. The zero-order valence-electron chi connectivity index (χ0n) is 9.75. The highest BCUT2D eigenvalue weighted by Gasteiger charge is 2.17. The number of nitrogens with two attached hydrogens (primary N) is 1. The van der Waals surface area contributed by atoms with Gasteiger partial charge in [-0.1, -0.05) is 19.9 Å². The summed E-state index contributed by atoms with van der Waals surface area (Å²) in [4.78, 5) is 0. The van der Waals surface area contributed by atoms with Gasteiger partial charge < -0.3 is 10.2 Å². The van der Waals surface area contributed by atoms with E-state index >= 15 is 0 Å². The Balaban J connectivity index is 2.60. The lowest BCUT2D eigenvalue weighted by molar-refractivity contribution is 0.418. The average Bonchev–Trinajstić information content (AvgIpc) is 2.68. The number of furan rings is 1. The summed E-state index contributed by atoms with van der Waals surface area (Å²) >= 11 is 0. The predicted molar refractivity (Wildman–Crippen MR) is 62.7 cm³/mol. The Morgan fingerprint density at radius 2 is 2.00 bits per heavy atom. The van der Waals surface area contributed by atoms with Gasteiger partial charge in [-0.15, -0.1) is 0 Å². The predicted octanol–water partition coefficient (Wildman–Crippen LogP) is 3.54. The summed E-state index contributed by atoms with van der Waals surface area (Å²) < 4.78 is 19.2. The van der Waals surface area contributed by atoms with Crippen molar-refractivity contribution in [3.05, 3.63) is 35.3 Å². The Labute approximate surface area is 94.2 Å². The first-order valence-corrected chi connectivity index (χ1v) is 5.45. The van der Waals surface area contributed by atoms with Crippen molar-refractivity contribution in [2.24, 2.45) is 11.7 Å². The molecule has 3 heteroatoms. The third-order valence-electron chi connectivity index (χ3n) is 2.89. The van der Waals surface area contributed by atoms with E-state index in [1.807, 2.05) is 20.8 Å². The summed E-state index contributed by atoms with van der Waals surface area (Å²) in [5.74, 6) is 0.661. The minimum atomic E-state index is -0.258. The molecule has 2 aromatic rings. The molecule has 2 N–H and O–H groups in total. The molecule has 1 heterocycles. The van der Waals surface area contributed by atoms with Crippen molar-refractivity contribution in [2.45, 2.75) is 26.8 Å². The minimum Gasteiger partial charge on any atom is -0.459 e. The highest BCUT2D eigenvalue weighted by molar-refractivity contribution is 5.81. The Morgan fingerprint density at radius 1 is 1.31 bits per heavy atom. The van der Waals surface area contributed by atoms with Gasteiger partial charge in [-0.3, -0.25) is 0 Å². The highest BCUT2D eigenvalue weighted by Crippen LogP contribution is 2.30. The number of halogens is 1. The van der Waals surface area contributed by atoms with Crippen LogP contribution in [0.2, 0.25) is 0 Å². The van der Waals surface area contributed by atoms with Crippen LogP contribution >= 0.6 is 0 Å². The molecule has 1 aromatic carbocycles. The lowest BCUT2D eigenvalue weighted by atomic mass is 10.0. The van der Waals surface area contributed by atoms with Crippen LogP contribution in [0.1, 0.15) is 31.2 Å².